The molecule has 0 bridgehead atoms. The Morgan fingerprint density at radius 3 is 2.65 bits per heavy atom. The van der Waals surface area contributed by atoms with Crippen molar-refractivity contribution in [2.24, 2.45) is 5.92 Å². The van der Waals surface area contributed by atoms with Gasteiger partial charge in [-0.25, -0.2) is 4.79 Å². The van der Waals surface area contributed by atoms with Gasteiger partial charge in [0.25, 0.3) is 0 Å². The molecule has 4 heteroatoms. The maximum absolute atomic E-state index is 11.3. The summed E-state index contributed by atoms with van der Waals surface area (Å²) < 4.78 is 1.77. The fourth-order valence-electron chi connectivity index (χ4n) is 2.30. The topological polar surface area (TPSA) is 42.2 Å². The van der Waals surface area contributed by atoms with Gasteiger partial charge >= 0.3 is 5.97 Å². The van der Waals surface area contributed by atoms with Gasteiger partial charge in [-0.3, -0.25) is 0 Å². The summed E-state index contributed by atoms with van der Waals surface area (Å²) in [6.45, 7) is 4.75. The van der Waals surface area contributed by atoms with Crippen LogP contribution < -0.4 is 0 Å². The Morgan fingerprint density at radius 1 is 1.30 bits per heavy atom. The normalized spacial score (nSPS) is 11.0. The van der Waals surface area contributed by atoms with Crippen molar-refractivity contribution < 1.29 is 9.90 Å². The zero-order valence-electron chi connectivity index (χ0n) is 11.6. The molecule has 106 valence electrons. The highest BCUT2D eigenvalue weighted by Crippen LogP contribution is 2.17. The molecule has 0 fully saturated rings. The molecule has 0 spiro atoms. The first kappa shape index (κ1) is 14.7. The van der Waals surface area contributed by atoms with Gasteiger partial charge in [0, 0.05) is 17.8 Å². The first-order valence-electron chi connectivity index (χ1n) is 6.62. The van der Waals surface area contributed by atoms with Crippen molar-refractivity contribution in [1.82, 2.24) is 4.57 Å². The lowest BCUT2D eigenvalue weighted by Gasteiger charge is -2.07. The summed E-state index contributed by atoms with van der Waals surface area (Å²) >= 11 is 5.96. The molecule has 1 aromatic carbocycles. The zero-order chi connectivity index (χ0) is 14.7. The number of nitrogens with zero attached hydrogens (tertiary/aromatic N) is 1. The molecule has 3 nitrogen and oxygen atoms in total. The third kappa shape index (κ3) is 3.64. The maximum atomic E-state index is 11.3. The van der Waals surface area contributed by atoms with Gasteiger partial charge in [0.1, 0.15) is 5.69 Å². The van der Waals surface area contributed by atoms with Gasteiger partial charge < -0.3 is 9.67 Å². The fourth-order valence-corrected chi connectivity index (χ4v) is 2.51. The average molecular weight is 292 g/mol. The van der Waals surface area contributed by atoms with Crippen molar-refractivity contribution in [3.63, 3.8) is 0 Å². The third-order valence-corrected chi connectivity index (χ3v) is 3.29. The van der Waals surface area contributed by atoms with E-state index >= 15 is 0 Å². The van der Waals surface area contributed by atoms with E-state index in [-0.39, 0.29) is 0 Å². The summed E-state index contributed by atoms with van der Waals surface area (Å²) in [6, 6.07) is 9.24. The minimum absolute atomic E-state index is 0.320. The molecule has 0 saturated carbocycles. The Labute approximate surface area is 123 Å². The van der Waals surface area contributed by atoms with Crippen LogP contribution in [0, 0.1) is 5.92 Å². The van der Waals surface area contributed by atoms with Crippen molar-refractivity contribution in [3.8, 4) is 0 Å². The van der Waals surface area contributed by atoms with Crippen molar-refractivity contribution in [2.45, 2.75) is 26.8 Å². The molecule has 0 unspecified atom stereocenters. The lowest BCUT2D eigenvalue weighted by molar-refractivity contribution is 0.0685. The molecule has 2 rings (SSSR count). The van der Waals surface area contributed by atoms with Gasteiger partial charge in [0.05, 0.1) is 0 Å². The number of carboxylic acid groups (broad SMARTS) is 1. The van der Waals surface area contributed by atoms with E-state index in [9.17, 15) is 9.90 Å². The first-order valence-corrected chi connectivity index (χ1v) is 7.00. The Balaban J connectivity index is 2.29. The smallest absolute Gasteiger partial charge is 0.352 e. The van der Waals surface area contributed by atoms with E-state index in [0.29, 0.717) is 23.2 Å². The van der Waals surface area contributed by atoms with E-state index in [2.05, 4.69) is 13.8 Å². The van der Waals surface area contributed by atoms with Crippen LogP contribution in [0.5, 0.6) is 0 Å². The van der Waals surface area contributed by atoms with Gasteiger partial charge in [-0.05, 0) is 41.7 Å². The van der Waals surface area contributed by atoms with E-state index in [1.54, 1.807) is 10.6 Å². The van der Waals surface area contributed by atoms with Crippen LogP contribution in [0.4, 0.5) is 0 Å². The van der Waals surface area contributed by atoms with Crippen LogP contribution >= 0.6 is 11.6 Å². The number of carboxylic acids is 1. The number of carbonyl (C=O) groups is 1. The minimum atomic E-state index is -0.901. The van der Waals surface area contributed by atoms with Gasteiger partial charge in [-0.2, -0.15) is 0 Å². The highest BCUT2D eigenvalue weighted by Gasteiger charge is 2.13. The number of aromatic nitrogens is 1. The van der Waals surface area contributed by atoms with Crippen LogP contribution in [-0.2, 0) is 13.0 Å². The van der Waals surface area contributed by atoms with Crippen LogP contribution in [0.1, 0.15) is 35.5 Å². The molecule has 2 aromatic rings. The van der Waals surface area contributed by atoms with Crippen molar-refractivity contribution in [2.75, 3.05) is 0 Å². The summed E-state index contributed by atoms with van der Waals surface area (Å²) in [7, 11) is 0. The van der Waals surface area contributed by atoms with Gasteiger partial charge in [-0.1, -0.05) is 37.6 Å². The zero-order valence-corrected chi connectivity index (χ0v) is 12.4. The number of benzene rings is 1. The van der Waals surface area contributed by atoms with Gasteiger partial charge in [-0.15, -0.1) is 0 Å². The number of halogens is 1. The molecule has 0 aliphatic carbocycles. The SMILES string of the molecule is CC(C)Cc1cc(C(=O)O)n(Cc2cccc(Cl)c2)c1. The molecule has 20 heavy (non-hydrogen) atoms. The lowest BCUT2D eigenvalue weighted by atomic mass is 10.1. The molecule has 1 heterocycles. The van der Waals surface area contributed by atoms with Crippen LogP contribution in [0.3, 0.4) is 0 Å². The van der Waals surface area contributed by atoms with Crippen molar-refractivity contribution >= 4 is 17.6 Å². The molecule has 0 aliphatic rings. The van der Waals surface area contributed by atoms with E-state index in [4.69, 9.17) is 11.6 Å². The minimum Gasteiger partial charge on any atom is -0.477 e. The highest BCUT2D eigenvalue weighted by molar-refractivity contribution is 6.30. The molecule has 1 N–H and O–H groups in total. The quantitative estimate of drug-likeness (QED) is 0.901. The van der Waals surface area contributed by atoms with Crippen LogP contribution in [0.25, 0.3) is 0 Å². The van der Waals surface area contributed by atoms with E-state index in [1.165, 1.54) is 0 Å². The molecular weight excluding hydrogens is 274 g/mol. The molecule has 0 amide bonds. The lowest BCUT2D eigenvalue weighted by Crippen LogP contribution is -2.08. The van der Waals surface area contributed by atoms with E-state index < -0.39 is 5.97 Å². The molecule has 0 aliphatic heterocycles. The molecule has 0 saturated heterocycles. The number of hydrogen-bond acceptors (Lipinski definition) is 1. The van der Waals surface area contributed by atoms with Gasteiger partial charge in [0.15, 0.2) is 0 Å². The predicted molar refractivity (Wildman–Crippen MR) is 80.5 cm³/mol. The van der Waals surface area contributed by atoms with Crippen molar-refractivity contribution in [3.05, 3.63) is 58.4 Å². The number of aromatic carboxylic acids is 1. The van der Waals surface area contributed by atoms with Crippen LogP contribution in [-0.4, -0.2) is 15.6 Å². The Bertz CT molecular complexity index is 617. The van der Waals surface area contributed by atoms with Crippen LogP contribution in [0.2, 0.25) is 5.02 Å². The van der Waals surface area contributed by atoms with Crippen molar-refractivity contribution in [1.29, 1.82) is 0 Å². The standard InChI is InChI=1S/C16H18ClNO2/c1-11(2)6-13-8-15(16(19)20)18(10-13)9-12-4-3-5-14(17)7-12/h3-5,7-8,10-11H,6,9H2,1-2H3,(H,19,20). The Kier molecular flexibility index (Phi) is 4.50. The second-order valence-electron chi connectivity index (χ2n) is 5.39. The Hall–Kier alpha value is -1.74. The summed E-state index contributed by atoms with van der Waals surface area (Å²) in [5.74, 6) is -0.402. The molecule has 0 radical (unpaired) electrons. The number of hydrogen-bond donors (Lipinski definition) is 1. The first-order chi connectivity index (χ1) is 9.45. The summed E-state index contributed by atoms with van der Waals surface area (Å²) in [5, 5.41) is 9.96. The largest absolute Gasteiger partial charge is 0.477 e. The summed E-state index contributed by atoms with van der Waals surface area (Å²) in [5.41, 5.74) is 2.37. The molecule has 0 atom stereocenters. The average Bonchev–Trinajstić information content (AvgIpc) is 2.71. The second-order valence-corrected chi connectivity index (χ2v) is 5.83. The molecular formula is C16H18ClNO2. The van der Waals surface area contributed by atoms with E-state index in [1.807, 2.05) is 30.5 Å². The maximum Gasteiger partial charge on any atom is 0.352 e. The second kappa shape index (κ2) is 6.14. The Morgan fingerprint density at radius 2 is 2.05 bits per heavy atom. The van der Waals surface area contributed by atoms with Gasteiger partial charge in [0.2, 0.25) is 0 Å². The monoisotopic (exact) mass is 291 g/mol. The predicted octanol–water partition coefficient (Wildman–Crippen LogP) is 4.09. The molecule has 1 aromatic heterocycles. The third-order valence-electron chi connectivity index (χ3n) is 3.06. The summed E-state index contributed by atoms with van der Waals surface area (Å²) in [4.78, 5) is 11.3. The van der Waals surface area contributed by atoms with Crippen LogP contribution in [0.15, 0.2) is 36.5 Å². The summed E-state index contributed by atoms with van der Waals surface area (Å²) in [6.07, 6.45) is 2.80. The number of rotatable bonds is 5. The highest BCUT2D eigenvalue weighted by atomic mass is 35.5. The fraction of sp³-hybridized carbons (Fsp3) is 0.312. The van der Waals surface area contributed by atoms with E-state index in [0.717, 1.165) is 17.5 Å².